The fourth-order valence-corrected chi connectivity index (χ4v) is 2.03. The number of hydrogen-bond acceptors (Lipinski definition) is 2. The minimum absolute atomic E-state index is 0.222. The minimum Gasteiger partial charge on any atom is -0.247 e. The Hall–Kier alpha value is -2.43. The molecule has 0 atom stereocenters. The summed E-state index contributed by atoms with van der Waals surface area (Å²) in [5.74, 6) is -0.222. The first kappa shape index (κ1) is 12.6. The highest BCUT2D eigenvalue weighted by atomic mass is 19.1. The second-order valence-corrected chi connectivity index (χ2v) is 4.75. The van der Waals surface area contributed by atoms with Crippen LogP contribution in [0.25, 0.3) is 11.3 Å². The summed E-state index contributed by atoms with van der Waals surface area (Å²) in [5, 5.41) is 8.18. The van der Waals surface area contributed by atoms with Crippen LogP contribution in [0.3, 0.4) is 0 Å². The van der Waals surface area contributed by atoms with Crippen molar-refractivity contribution >= 4 is 13.3 Å². The van der Waals surface area contributed by atoms with Gasteiger partial charge in [-0.15, -0.1) is 5.10 Å². The standard InChI is InChI=1S/C15H13BFN3/c16-13-7-6-12(8-14(13)17)15-10-20(19-18-15)9-11-4-2-1-3-5-11/h1-8,10H,9,16H2. The van der Waals surface area contributed by atoms with Gasteiger partial charge in [0.15, 0.2) is 0 Å². The Labute approximate surface area is 117 Å². The smallest absolute Gasteiger partial charge is 0.143 e. The third-order valence-corrected chi connectivity index (χ3v) is 3.19. The van der Waals surface area contributed by atoms with Gasteiger partial charge >= 0.3 is 0 Å². The molecule has 1 aromatic heterocycles. The van der Waals surface area contributed by atoms with Crippen LogP contribution in [0.4, 0.5) is 4.39 Å². The quantitative estimate of drug-likeness (QED) is 0.670. The van der Waals surface area contributed by atoms with Crippen molar-refractivity contribution in [3.63, 3.8) is 0 Å². The minimum atomic E-state index is -0.222. The van der Waals surface area contributed by atoms with Gasteiger partial charge in [-0.25, -0.2) is 9.07 Å². The third-order valence-electron chi connectivity index (χ3n) is 3.19. The van der Waals surface area contributed by atoms with E-state index in [1.807, 2.05) is 42.6 Å². The number of aromatic nitrogens is 3. The molecule has 0 N–H and O–H groups in total. The predicted molar refractivity (Wildman–Crippen MR) is 79.1 cm³/mol. The third kappa shape index (κ3) is 2.61. The van der Waals surface area contributed by atoms with Crippen molar-refractivity contribution in [1.29, 1.82) is 0 Å². The Morgan fingerprint density at radius 2 is 1.90 bits per heavy atom. The highest BCUT2D eigenvalue weighted by molar-refractivity contribution is 6.32. The Kier molecular flexibility index (Phi) is 3.33. The van der Waals surface area contributed by atoms with Crippen molar-refractivity contribution in [3.05, 3.63) is 66.1 Å². The van der Waals surface area contributed by atoms with E-state index in [-0.39, 0.29) is 5.82 Å². The van der Waals surface area contributed by atoms with Gasteiger partial charge in [0.2, 0.25) is 0 Å². The average molecular weight is 265 g/mol. The summed E-state index contributed by atoms with van der Waals surface area (Å²) in [7, 11) is 1.74. The molecule has 0 amide bonds. The molecule has 20 heavy (non-hydrogen) atoms. The molecule has 2 aromatic carbocycles. The highest BCUT2D eigenvalue weighted by Crippen LogP contribution is 2.16. The van der Waals surface area contributed by atoms with Gasteiger partial charge in [0, 0.05) is 5.56 Å². The maximum absolute atomic E-state index is 13.6. The first-order chi connectivity index (χ1) is 9.72. The lowest BCUT2D eigenvalue weighted by atomic mass is 9.94. The van der Waals surface area contributed by atoms with Gasteiger partial charge in [-0.2, -0.15) is 0 Å². The molecule has 0 bridgehead atoms. The molecule has 0 aliphatic carbocycles. The monoisotopic (exact) mass is 265 g/mol. The molecule has 3 nitrogen and oxygen atoms in total. The van der Waals surface area contributed by atoms with Gasteiger partial charge in [0.25, 0.3) is 0 Å². The second-order valence-electron chi connectivity index (χ2n) is 4.75. The van der Waals surface area contributed by atoms with Gasteiger partial charge < -0.3 is 0 Å². The molecule has 3 rings (SSSR count). The zero-order valence-electron chi connectivity index (χ0n) is 11.1. The number of benzene rings is 2. The first-order valence-corrected chi connectivity index (χ1v) is 6.43. The summed E-state index contributed by atoms with van der Waals surface area (Å²) in [6, 6.07) is 15.1. The Balaban J connectivity index is 1.84. The number of halogens is 1. The molecule has 3 aromatic rings. The van der Waals surface area contributed by atoms with E-state index >= 15 is 0 Å². The predicted octanol–water partition coefficient (Wildman–Crippen LogP) is 1.39. The lowest BCUT2D eigenvalue weighted by Crippen LogP contribution is -2.07. The number of nitrogens with zero attached hydrogens (tertiary/aromatic N) is 3. The van der Waals surface area contributed by atoms with E-state index in [9.17, 15) is 4.39 Å². The van der Waals surface area contributed by atoms with E-state index in [0.29, 0.717) is 17.7 Å². The molecule has 0 aliphatic rings. The summed E-state index contributed by atoms with van der Waals surface area (Å²) < 4.78 is 15.3. The topological polar surface area (TPSA) is 30.7 Å². The molecule has 1 heterocycles. The zero-order valence-corrected chi connectivity index (χ0v) is 11.1. The summed E-state index contributed by atoms with van der Waals surface area (Å²) in [6.45, 7) is 0.655. The van der Waals surface area contributed by atoms with Crippen LogP contribution in [0.2, 0.25) is 0 Å². The number of rotatable bonds is 3. The molecule has 5 heteroatoms. The molecule has 0 radical (unpaired) electrons. The molecule has 98 valence electrons. The van der Waals surface area contributed by atoms with Gasteiger partial charge in [-0.3, -0.25) is 0 Å². The molecule has 0 aliphatic heterocycles. The van der Waals surface area contributed by atoms with Crippen LogP contribution < -0.4 is 5.46 Å². The van der Waals surface area contributed by atoms with Crippen LogP contribution in [0.1, 0.15) is 5.56 Å². The zero-order chi connectivity index (χ0) is 13.9. The molecule has 0 spiro atoms. The van der Waals surface area contributed by atoms with E-state index in [0.717, 1.165) is 11.1 Å². The molecular formula is C15H13BFN3. The van der Waals surface area contributed by atoms with Crippen molar-refractivity contribution in [2.45, 2.75) is 6.54 Å². The highest BCUT2D eigenvalue weighted by Gasteiger charge is 2.06. The van der Waals surface area contributed by atoms with Crippen molar-refractivity contribution in [1.82, 2.24) is 15.0 Å². The summed E-state index contributed by atoms with van der Waals surface area (Å²) >= 11 is 0. The van der Waals surface area contributed by atoms with Crippen LogP contribution >= 0.6 is 0 Å². The molecule has 0 saturated carbocycles. The van der Waals surface area contributed by atoms with Crippen molar-refractivity contribution in [3.8, 4) is 11.3 Å². The van der Waals surface area contributed by atoms with Crippen molar-refractivity contribution in [2.75, 3.05) is 0 Å². The Bertz CT molecular complexity index is 725. The molecular weight excluding hydrogens is 252 g/mol. The van der Waals surface area contributed by atoms with E-state index in [4.69, 9.17) is 0 Å². The lowest BCUT2D eigenvalue weighted by Gasteiger charge is -2.00. The van der Waals surface area contributed by atoms with Gasteiger partial charge in [0.05, 0.1) is 12.7 Å². The van der Waals surface area contributed by atoms with Crippen LogP contribution in [-0.4, -0.2) is 22.8 Å². The molecule has 0 unspecified atom stereocenters. The Morgan fingerprint density at radius 1 is 1.10 bits per heavy atom. The second kappa shape index (κ2) is 5.29. The SMILES string of the molecule is Bc1ccc(-c2cn(Cc3ccccc3)nn2)cc1F. The van der Waals surface area contributed by atoms with Crippen LogP contribution in [0.15, 0.2) is 54.7 Å². The van der Waals surface area contributed by atoms with Gasteiger partial charge in [0.1, 0.15) is 19.4 Å². The maximum atomic E-state index is 13.6. The van der Waals surface area contributed by atoms with E-state index in [2.05, 4.69) is 10.3 Å². The van der Waals surface area contributed by atoms with Crippen LogP contribution in [0.5, 0.6) is 0 Å². The fraction of sp³-hybridized carbons (Fsp3) is 0.0667. The molecule has 0 fully saturated rings. The molecule has 0 saturated heterocycles. The van der Waals surface area contributed by atoms with E-state index < -0.39 is 0 Å². The van der Waals surface area contributed by atoms with E-state index in [1.165, 1.54) is 6.07 Å². The van der Waals surface area contributed by atoms with Crippen LogP contribution in [-0.2, 0) is 6.54 Å². The Morgan fingerprint density at radius 3 is 2.65 bits per heavy atom. The normalized spacial score (nSPS) is 10.7. The van der Waals surface area contributed by atoms with Crippen molar-refractivity contribution in [2.24, 2.45) is 0 Å². The van der Waals surface area contributed by atoms with Gasteiger partial charge in [-0.1, -0.05) is 53.1 Å². The summed E-state index contributed by atoms with van der Waals surface area (Å²) in [6.07, 6.45) is 1.83. The first-order valence-electron chi connectivity index (χ1n) is 6.43. The van der Waals surface area contributed by atoms with E-state index in [1.54, 1.807) is 18.6 Å². The van der Waals surface area contributed by atoms with Crippen molar-refractivity contribution < 1.29 is 4.39 Å². The average Bonchev–Trinajstić information content (AvgIpc) is 2.91. The summed E-state index contributed by atoms with van der Waals surface area (Å²) in [4.78, 5) is 0. The maximum Gasteiger partial charge on any atom is 0.143 e. The van der Waals surface area contributed by atoms with Gasteiger partial charge in [-0.05, 0) is 11.6 Å². The fourth-order valence-electron chi connectivity index (χ4n) is 2.03. The largest absolute Gasteiger partial charge is 0.247 e. The van der Waals surface area contributed by atoms with Crippen LogP contribution in [0, 0.1) is 5.82 Å². The lowest BCUT2D eigenvalue weighted by molar-refractivity contribution is 0.636. The summed E-state index contributed by atoms with van der Waals surface area (Å²) in [5.41, 5.74) is 3.21. The number of hydrogen-bond donors (Lipinski definition) is 0.